The number of nitrogens with one attached hydrogen (secondary N) is 2. The lowest BCUT2D eigenvalue weighted by Crippen LogP contribution is -2.46. The summed E-state index contributed by atoms with van der Waals surface area (Å²) < 4.78 is 49.0. The van der Waals surface area contributed by atoms with Crippen molar-refractivity contribution in [1.29, 1.82) is 0 Å². The number of sulfonamides is 1. The molecule has 0 saturated carbocycles. The van der Waals surface area contributed by atoms with Gasteiger partial charge in [-0.05, 0) is 134 Å². The van der Waals surface area contributed by atoms with E-state index in [4.69, 9.17) is 5.14 Å². The Labute approximate surface area is 339 Å². The second-order valence-corrected chi connectivity index (χ2v) is 16.2. The highest BCUT2D eigenvalue weighted by Gasteiger charge is 2.33. The fraction of sp³-hybridized carbons (Fsp3) is 0.178. The van der Waals surface area contributed by atoms with Gasteiger partial charge in [0.05, 0.1) is 33.9 Å². The van der Waals surface area contributed by atoms with E-state index in [-0.39, 0.29) is 29.3 Å². The number of amides is 1. The average Bonchev–Trinajstić information content (AvgIpc) is 4.05. The molecule has 4 aliphatic heterocycles. The van der Waals surface area contributed by atoms with Crippen LogP contribution >= 0.6 is 0 Å². The van der Waals surface area contributed by atoms with Crippen molar-refractivity contribution in [3.05, 3.63) is 143 Å². The van der Waals surface area contributed by atoms with Crippen LogP contribution in [0.5, 0.6) is 0 Å². The van der Waals surface area contributed by atoms with Gasteiger partial charge >= 0.3 is 0 Å². The smallest absolute Gasteiger partial charge is 0.266 e. The van der Waals surface area contributed by atoms with Crippen molar-refractivity contribution in [2.24, 2.45) is 5.14 Å². The molecule has 0 unspecified atom stereocenters. The Morgan fingerprint density at radius 1 is 0.814 bits per heavy atom. The molecule has 0 radical (unpaired) electrons. The van der Waals surface area contributed by atoms with Crippen LogP contribution in [0.2, 0.25) is 0 Å². The van der Waals surface area contributed by atoms with Crippen molar-refractivity contribution in [2.75, 3.05) is 24.5 Å². The predicted octanol–water partition coefficient (Wildman–Crippen LogP) is 8.68. The molecule has 0 spiro atoms. The van der Waals surface area contributed by atoms with E-state index in [9.17, 15) is 27.1 Å². The van der Waals surface area contributed by atoms with Crippen molar-refractivity contribution >= 4 is 79.8 Å². The first-order valence-electron chi connectivity index (χ1n) is 19.2. The van der Waals surface area contributed by atoms with E-state index in [0.717, 1.165) is 51.9 Å². The standard InChI is InChI=1S/C25H26F2N2O2.C20H15N5O2S/c26-23(27)8-3-13-25(31)14-17-28(18-15-25)24(30)20-9-11-21(12-10-20)29-16-4-6-19-5-1-2-7-22(19)29;21-28(26,27)20-18-7-5-16(24-18)10-14-3-1-12(22-14)9-13-2-4-15(23-13)11-17-6-8-19(20)25-17/h1-2,4-12,31H,3,13-18H2;1-11,22,24H,(H2,21,26,27). The second-order valence-electron chi connectivity index (χ2n) is 14.7. The molecule has 2 aromatic carbocycles. The Balaban J connectivity index is 0.000000165. The van der Waals surface area contributed by atoms with E-state index in [1.807, 2.05) is 72.8 Å². The van der Waals surface area contributed by atoms with E-state index >= 15 is 0 Å². The molecule has 5 N–H and O–H groups in total. The number of nitrogens with two attached hydrogens (primary N) is 1. The molecule has 0 aliphatic carbocycles. The molecule has 1 amide bonds. The minimum Gasteiger partial charge on any atom is -0.390 e. The van der Waals surface area contributed by atoms with Crippen LogP contribution in [-0.4, -0.2) is 69.5 Å². The number of aliphatic hydroxyl groups is 1. The molecule has 8 bridgehead atoms. The van der Waals surface area contributed by atoms with Crippen LogP contribution in [0.1, 0.15) is 64.4 Å². The van der Waals surface area contributed by atoms with Crippen LogP contribution < -0.4 is 10.0 Å². The zero-order valence-corrected chi connectivity index (χ0v) is 32.7. The molecule has 3 aromatic heterocycles. The number of primary sulfonamides is 1. The van der Waals surface area contributed by atoms with E-state index in [2.05, 4.69) is 49.1 Å². The van der Waals surface area contributed by atoms with E-state index < -0.39 is 21.7 Å². The third kappa shape index (κ3) is 9.15. The van der Waals surface area contributed by atoms with Crippen LogP contribution in [0.4, 0.5) is 20.2 Å². The molecule has 5 aromatic rings. The van der Waals surface area contributed by atoms with Gasteiger partial charge in [-0.25, -0.2) is 23.5 Å². The first kappa shape index (κ1) is 39.4. The number of hydrogen-bond donors (Lipinski definition) is 4. The molecule has 4 aliphatic rings. The highest BCUT2D eigenvalue weighted by atomic mass is 32.2. The number of rotatable bonds is 6. The van der Waals surface area contributed by atoms with Crippen molar-refractivity contribution < 1.29 is 27.1 Å². The van der Waals surface area contributed by atoms with Crippen molar-refractivity contribution in [2.45, 2.75) is 36.2 Å². The maximum absolute atomic E-state index is 12.9. The molecule has 0 atom stereocenters. The van der Waals surface area contributed by atoms with Crippen LogP contribution in [0.15, 0.2) is 114 Å². The fourth-order valence-corrected chi connectivity index (χ4v) is 8.41. The van der Waals surface area contributed by atoms with Crippen LogP contribution in [0.25, 0.3) is 52.4 Å². The first-order chi connectivity index (χ1) is 28.4. The Hall–Kier alpha value is -6.48. The molecule has 14 heteroatoms. The number of hydrogen-bond acceptors (Lipinski definition) is 7. The lowest BCUT2D eigenvalue weighted by molar-refractivity contribution is -0.0222. The summed E-state index contributed by atoms with van der Waals surface area (Å²) in [7, 11) is -4.00. The van der Waals surface area contributed by atoms with Gasteiger partial charge in [0.25, 0.3) is 12.0 Å². The largest absolute Gasteiger partial charge is 0.390 e. The quantitative estimate of drug-likeness (QED) is 0.131. The summed E-state index contributed by atoms with van der Waals surface area (Å²) in [5.41, 5.74) is 8.31. The topological polar surface area (TPSA) is 161 Å². The van der Waals surface area contributed by atoms with Gasteiger partial charge in [0, 0.05) is 53.1 Å². The lowest BCUT2D eigenvalue weighted by atomic mass is 9.87. The number of aromatic amines is 2. The van der Waals surface area contributed by atoms with Gasteiger partial charge in [0.1, 0.15) is 4.90 Å². The van der Waals surface area contributed by atoms with E-state index in [1.54, 1.807) is 35.3 Å². The summed E-state index contributed by atoms with van der Waals surface area (Å²) in [5, 5.41) is 16.1. The number of likely N-dealkylation sites (tertiary alicyclic amines) is 1. The number of piperidine rings is 1. The molecule has 59 heavy (non-hydrogen) atoms. The number of carbonyl (C=O) groups is 1. The van der Waals surface area contributed by atoms with Crippen LogP contribution in [-0.2, 0) is 10.0 Å². The molecule has 9 rings (SSSR count). The minimum atomic E-state index is -4.00. The number of allylic oxidation sites excluding steroid dienone is 1. The van der Waals surface area contributed by atoms with Gasteiger partial charge < -0.3 is 24.9 Å². The molecule has 300 valence electrons. The van der Waals surface area contributed by atoms with Crippen molar-refractivity contribution in [3.8, 4) is 0 Å². The number of para-hydroxylation sites is 1. The zero-order valence-electron chi connectivity index (χ0n) is 31.9. The molecule has 1 saturated heterocycles. The number of halogens is 2. The maximum atomic E-state index is 12.9. The molecule has 7 heterocycles. The highest BCUT2D eigenvalue weighted by Crippen LogP contribution is 2.33. The first-order valence-corrected chi connectivity index (χ1v) is 20.7. The number of carbonyl (C=O) groups excluding carboxylic acids is 1. The highest BCUT2D eigenvalue weighted by molar-refractivity contribution is 7.89. The summed E-state index contributed by atoms with van der Waals surface area (Å²) >= 11 is 0. The number of anilines is 2. The van der Waals surface area contributed by atoms with Crippen LogP contribution in [0.3, 0.4) is 0 Å². The minimum absolute atomic E-state index is 0.0458. The fourth-order valence-electron chi connectivity index (χ4n) is 7.58. The van der Waals surface area contributed by atoms with Crippen molar-refractivity contribution in [3.63, 3.8) is 0 Å². The van der Waals surface area contributed by atoms with Crippen LogP contribution in [0, 0.1) is 0 Å². The maximum Gasteiger partial charge on any atom is 0.266 e. The van der Waals surface area contributed by atoms with Gasteiger partial charge in [-0.15, -0.1) is 0 Å². The summed E-state index contributed by atoms with van der Waals surface area (Å²) in [4.78, 5) is 32.2. The Morgan fingerprint density at radius 3 is 2.22 bits per heavy atom. The monoisotopic (exact) mass is 813 g/mol. The average molecular weight is 814 g/mol. The second kappa shape index (κ2) is 16.4. The van der Waals surface area contributed by atoms with Gasteiger partial charge in [-0.3, -0.25) is 4.79 Å². The Morgan fingerprint density at radius 2 is 1.47 bits per heavy atom. The van der Waals surface area contributed by atoms with Crippen molar-refractivity contribution in [1.82, 2.24) is 24.8 Å². The Bertz CT molecular complexity index is 2810. The SMILES string of the molecule is NS(=O)(=O)c1c2nc(cc3nc(cc4ccc(cc5ccc1[nH]5)[nH]4)C=C3)C=C2.O=C(c1ccc(N2CC=Cc3ccccc32)cc1)N1CCC(O)(CCC=C(F)F)CC1. The number of fused-ring (bicyclic) bond motifs is 9. The predicted molar refractivity (Wildman–Crippen MR) is 229 cm³/mol. The summed E-state index contributed by atoms with van der Waals surface area (Å²) in [6.07, 6.45) is 11.8. The number of H-pyrrole nitrogens is 2. The summed E-state index contributed by atoms with van der Waals surface area (Å²) in [6.45, 7) is 1.61. The Kier molecular flexibility index (Phi) is 10.9. The lowest BCUT2D eigenvalue weighted by Gasteiger charge is -2.38. The zero-order chi connectivity index (χ0) is 41.1. The van der Waals surface area contributed by atoms with Gasteiger partial charge in [0.15, 0.2) is 0 Å². The summed E-state index contributed by atoms with van der Waals surface area (Å²) in [6, 6.07) is 28.8. The molecule has 11 nitrogen and oxygen atoms in total. The third-order valence-corrected chi connectivity index (χ3v) is 11.6. The van der Waals surface area contributed by atoms with Gasteiger partial charge in [0.2, 0.25) is 10.0 Å². The number of nitrogens with zero attached hydrogens (tertiary/aromatic N) is 4. The molecule has 1 fully saturated rings. The van der Waals surface area contributed by atoms with E-state index in [0.29, 0.717) is 42.7 Å². The van der Waals surface area contributed by atoms with Gasteiger partial charge in [-0.1, -0.05) is 30.4 Å². The number of benzene rings is 2. The molecular weight excluding hydrogens is 773 g/mol. The number of aromatic nitrogens is 4. The van der Waals surface area contributed by atoms with Gasteiger partial charge in [-0.2, -0.15) is 8.78 Å². The van der Waals surface area contributed by atoms with E-state index in [1.165, 1.54) is 5.56 Å². The third-order valence-electron chi connectivity index (χ3n) is 10.6. The molecular formula is C45H41F2N7O4S. The normalized spacial score (nSPS) is 15.3. The summed E-state index contributed by atoms with van der Waals surface area (Å²) in [5.74, 6) is -0.0674.